The number of rotatable bonds is 6. The summed E-state index contributed by atoms with van der Waals surface area (Å²) in [6, 6.07) is 0. The van der Waals surface area contributed by atoms with Gasteiger partial charge in [0.2, 0.25) is 5.95 Å². The number of nitrogens with one attached hydrogen (secondary N) is 1. The van der Waals surface area contributed by atoms with E-state index in [0.717, 1.165) is 25.0 Å². The average Bonchev–Trinajstić information content (AvgIpc) is 2.97. The van der Waals surface area contributed by atoms with E-state index in [1.54, 1.807) is 0 Å². The topological polar surface area (TPSA) is 36.3 Å². The van der Waals surface area contributed by atoms with Crippen molar-refractivity contribution in [2.45, 2.75) is 19.9 Å². The first kappa shape index (κ1) is 14.3. The molecule has 1 aliphatic rings. The molecule has 0 bridgehead atoms. The second kappa shape index (κ2) is 6.39. The molecule has 1 saturated heterocycles. The van der Waals surface area contributed by atoms with Crippen LogP contribution in [0.25, 0.3) is 0 Å². The summed E-state index contributed by atoms with van der Waals surface area (Å²) in [7, 11) is 6.13. The van der Waals surface area contributed by atoms with E-state index < -0.39 is 0 Å². The van der Waals surface area contributed by atoms with Crippen molar-refractivity contribution in [3.8, 4) is 0 Å². The van der Waals surface area contributed by atoms with Crippen LogP contribution in [0, 0.1) is 5.92 Å². The summed E-state index contributed by atoms with van der Waals surface area (Å²) in [5.41, 5.74) is 1.24. The van der Waals surface area contributed by atoms with E-state index in [9.17, 15) is 0 Å². The zero-order chi connectivity index (χ0) is 13.8. The summed E-state index contributed by atoms with van der Waals surface area (Å²) in [6.07, 6.45) is 3.30. The van der Waals surface area contributed by atoms with Crippen LogP contribution < -0.4 is 10.2 Å². The molecule has 5 nitrogen and oxygen atoms in total. The number of nitrogens with zero attached hydrogens (tertiary/aromatic N) is 4. The first-order chi connectivity index (χ1) is 9.11. The van der Waals surface area contributed by atoms with Crippen molar-refractivity contribution in [1.29, 1.82) is 0 Å². The largest absolute Gasteiger partial charge is 0.348 e. The van der Waals surface area contributed by atoms with E-state index in [2.05, 4.69) is 33.7 Å². The molecule has 1 unspecified atom stereocenters. The van der Waals surface area contributed by atoms with Crippen LogP contribution >= 0.6 is 0 Å². The molecule has 0 aromatic carbocycles. The van der Waals surface area contributed by atoms with Gasteiger partial charge in [0.05, 0.1) is 11.9 Å². The van der Waals surface area contributed by atoms with Gasteiger partial charge in [0, 0.05) is 34.2 Å². The van der Waals surface area contributed by atoms with Crippen molar-refractivity contribution in [1.82, 2.24) is 19.8 Å². The number of hydrogen-bond acceptors (Lipinski definition) is 4. The molecular formula is C14H27N5. The second-order valence-corrected chi connectivity index (χ2v) is 5.68. The molecule has 0 radical (unpaired) electrons. The molecular weight excluding hydrogens is 238 g/mol. The smallest absolute Gasteiger partial charge is 0.204 e. The van der Waals surface area contributed by atoms with Crippen LogP contribution in [-0.2, 0) is 13.6 Å². The number of hydrogen-bond donors (Lipinski definition) is 1. The van der Waals surface area contributed by atoms with Crippen molar-refractivity contribution in [3.63, 3.8) is 0 Å². The van der Waals surface area contributed by atoms with Gasteiger partial charge in [-0.25, -0.2) is 4.98 Å². The molecule has 0 amide bonds. The zero-order valence-electron chi connectivity index (χ0n) is 12.7. The minimum absolute atomic E-state index is 0.807. The molecule has 1 fully saturated rings. The summed E-state index contributed by atoms with van der Waals surface area (Å²) in [6.45, 7) is 7.95. The van der Waals surface area contributed by atoms with Crippen molar-refractivity contribution in [2.24, 2.45) is 13.0 Å². The van der Waals surface area contributed by atoms with Gasteiger partial charge in [-0.1, -0.05) is 6.92 Å². The maximum Gasteiger partial charge on any atom is 0.204 e. The molecule has 19 heavy (non-hydrogen) atoms. The Kier molecular flexibility index (Phi) is 4.82. The van der Waals surface area contributed by atoms with Crippen molar-refractivity contribution in [3.05, 3.63) is 11.9 Å². The molecule has 0 saturated carbocycles. The van der Waals surface area contributed by atoms with E-state index >= 15 is 0 Å². The van der Waals surface area contributed by atoms with Gasteiger partial charge >= 0.3 is 0 Å². The fourth-order valence-electron chi connectivity index (χ4n) is 2.78. The van der Waals surface area contributed by atoms with Gasteiger partial charge < -0.3 is 19.7 Å². The summed E-state index contributed by atoms with van der Waals surface area (Å²) in [5, 5.41) is 3.58. The standard InChI is InChI=1S/C14H27N5/c1-5-19-7-6-12(11-19)8-15-9-13-10-16-14(17(2)3)18(13)4/h10,12,15H,5-9,11H2,1-4H3. The molecule has 5 heteroatoms. The summed E-state index contributed by atoms with van der Waals surface area (Å²) >= 11 is 0. The fraction of sp³-hybridized carbons (Fsp3) is 0.786. The lowest BCUT2D eigenvalue weighted by molar-refractivity contribution is 0.338. The van der Waals surface area contributed by atoms with Crippen LogP contribution in [0.15, 0.2) is 6.20 Å². The third-order valence-corrected chi connectivity index (χ3v) is 4.02. The van der Waals surface area contributed by atoms with Gasteiger partial charge in [-0.2, -0.15) is 0 Å². The number of anilines is 1. The van der Waals surface area contributed by atoms with E-state index in [1.165, 1.54) is 31.7 Å². The summed E-state index contributed by atoms with van der Waals surface area (Å²) in [5.74, 6) is 1.82. The average molecular weight is 265 g/mol. The molecule has 108 valence electrons. The Labute approximate surface area is 116 Å². The van der Waals surface area contributed by atoms with Gasteiger partial charge in [0.25, 0.3) is 0 Å². The lowest BCUT2D eigenvalue weighted by Crippen LogP contribution is -2.26. The van der Waals surface area contributed by atoms with E-state index in [4.69, 9.17) is 0 Å². The van der Waals surface area contributed by atoms with Crippen molar-refractivity contribution in [2.75, 3.05) is 45.2 Å². The molecule has 0 spiro atoms. The summed E-state index contributed by atoms with van der Waals surface area (Å²) in [4.78, 5) is 9.00. The van der Waals surface area contributed by atoms with Gasteiger partial charge in [-0.05, 0) is 32.0 Å². The van der Waals surface area contributed by atoms with Crippen molar-refractivity contribution < 1.29 is 0 Å². The van der Waals surface area contributed by atoms with Crippen LogP contribution in [-0.4, -0.2) is 54.7 Å². The SMILES string of the molecule is CCN1CCC(CNCc2cnc(N(C)C)n2C)C1. The highest BCUT2D eigenvalue weighted by Crippen LogP contribution is 2.15. The van der Waals surface area contributed by atoms with Gasteiger partial charge in [0.1, 0.15) is 0 Å². The van der Waals surface area contributed by atoms with Crippen LogP contribution in [0.5, 0.6) is 0 Å². The van der Waals surface area contributed by atoms with Crippen LogP contribution in [0.4, 0.5) is 5.95 Å². The fourth-order valence-corrected chi connectivity index (χ4v) is 2.78. The molecule has 2 heterocycles. The third kappa shape index (κ3) is 3.48. The Bertz CT molecular complexity index is 399. The lowest BCUT2D eigenvalue weighted by Gasteiger charge is -2.15. The lowest BCUT2D eigenvalue weighted by atomic mass is 10.1. The zero-order valence-corrected chi connectivity index (χ0v) is 12.7. The molecule has 1 aromatic rings. The number of likely N-dealkylation sites (tertiary alicyclic amines) is 1. The predicted molar refractivity (Wildman–Crippen MR) is 79.5 cm³/mol. The highest BCUT2D eigenvalue weighted by Gasteiger charge is 2.20. The minimum Gasteiger partial charge on any atom is -0.348 e. The predicted octanol–water partition coefficient (Wildman–Crippen LogP) is 0.917. The Balaban J connectivity index is 1.77. The van der Waals surface area contributed by atoms with Crippen molar-refractivity contribution >= 4 is 5.95 Å². The Morgan fingerprint density at radius 3 is 2.84 bits per heavy atom. The van der Waals surface area contributed by atoms with Crippen LogP contribution in [0.2, 0.25) is 0 Å². The Morgan fingerprint density at radius 1 is 1.47 bits per heavy atom. The first-order valence-corrected chi connectivity index (χ1v) is 7.22. The molecule has 0 aliphatic carbocycles. The Morgan fingerprint density at radius 2 is 2.26 bits per heavy atom. The van der Waals surface area contributed by atoms with E-state index in [0.29, 0.717) is 0 Å². The van der Waals surface area contributed by atoms with E-state index in [-0.39, 0.29) is 0 Å². The minimum atomic E-state index is 0.807. The normalized spacial score (nSPS) is 20.1. The first-order valence-electron chi connectivity index (χ1n) is 7.22. The number of imidazole rings is 1. The third-order valence-electron chi connectivity index (χ3n) is 4.02. The number of aromatic nitrogens is 2. The molecule has 1 N–H and O–H groups in total. The van der Waals surface area contributed by atoms with Gasteiger partial charge in [0.15, 0.2) is 0 Å². The van der Waals surface area contributed by atoms with Crippen LogP contribution in [0.1, 0.15) is 19.0 Å². The monoisotopic (exact) mass is 265 g/mol. The molecule has 1 atom stereocenters. The quantitative estimate of drug-likeness (QED) is 0.830. The molecule has 2 rings (SSSR count). The van der Waals surface area contributed by atoms with Gasteiger partial charge in [-0.15, -0.1) is 0 Å². The summed E-state index contributed by atoms with van der Waals surface area (Å²) < 4.78 is 2.15. The van der Waals surface area contributed by atoms with Gasteiger partial charge in [-0.3, -0.25) is 0 Å². The highest BCUT2D eigenvalue weighted by molar-refractivity contribution is 5.30. The maximum absolute atomic E-state index is 4.43. The van der Waals surface area contributed by atoms with Crippen LogP contribution in [0.3, 0.4) is 0 Å². The van der Waals surface area contributed by atoms with E-state index in [1.807, 2.05) is 25.2 Å². The second-order valence-electron chi connectivity index (χ2n) is 5.68. The Hall–Kier alpha value is -1.07. The highest BCUT2D eigenvalue weighted by atomic mass is 15.3. The molecule has 1 aliphatic heterocycles. The maximum atomic E-state index is 4.43. The molecule has 1 aromatic heterocycles.